The molecule has 7 heteroatoms. The molecule has 2 rings (SSSR count). The minimum atomic E-state index is -3.78. The van der Waals surface area contributed by atoms with Crippen LogP contribution in [0.15, 0.2) is 64.2 Å². The van der Waals surface area contributed by atoms with Crippen LogP contribution in [0.3, 0.4) is 0 Å². The van der Waals surface area contributed by atoms with Gasteiger partial charge in [0.25, 0.3) is 10.1 Å². The predicted octanol–water partition coefficient (Wildman–Crippen LogP) is 5.62. The molecule has 0 heterocycles. The lowest BCUT2D eigenvalue weighted by Crippen LogP contribution is -2.07. The van der Waals surface area contributed by atoms with Crippen molar-refractivity contribution in [1.29, 1.82) is 0 Å². The van der Waals surface area contributed by atoms with Gasteiger partial charge in [-0.15, -0.1) is 0 Å². The lowest BCUT2D eigenvalue weighted by atomic mass is 10.2. The van der Waals surface area contributed by atoms with E-state index in [4.69, 9.17) is 8.92 Å². The number of aryl methyl sites for hydroxylation is 1. The van der Waals surface area contributed by atoms with Gasteiger partial charge in [-0.1, -0.05) is 24.3 Å². The lowest BCUT2D eigenvalue weighted by molar-refractivity contribution is 0.323. The number of allylic oxidation sites excluding steroid dienone is 1. The van der Waals surface area contributed by atoms with Gasteiger partial charge in [0.15, 0.2) is 0 Å². The van der Waals surface area contributed by atoms with Crippen LogP contribution < -0.4 is 4.74 Å². The van der Waals surface area contributed by atoms with Crippen LogP contribution in [0.5, 0.6) is 5.75 Å². The van der Waals surface area contributed by atoms with Crippen LogP contribution in [0.4, 0.5) is 4.39 Å². The van der Waals surface area contributed by atoms with Crippen LogP contribution in [-0.2, 0) is 14.3 Å². The van der Waals surface area contributed by atoms with Crippen molar-refractivity contribution in [2.45, 2.75) is 25.2 Å². The summed E-state index contributed by atoms with van der Waals surface area (Å²) in [5.74, 6) is 0.0973. The van der Waals surface area contributed by atoms with Gasteiger partial charge in [0.05, 0.1) is 22.2 Å². The Labute approximate surface area is 167 Å². The zero-order valence-corrected chi connectivity index (χ0v) is 17.4. The Kier molecular flexibility index (Phi) is 7.77. The third-order valence-electron chi connectivity index (χ3n) is 3.47. The van der Waals surface area contributed by atoms with Crippen LogP contribution in [-0.4, -0.2) is 15.0 Å². The van der Waals surface area contributed by atoms with Crippen LogP contribution in [0.1, 0.15) is 24.5 Å². The van der Waals surface area contributed by atoms with Gasteiger partial charge in [-0.3, -0.25) is 4.18 Å². The Hall–Kier alpha value is -1.96. The molecule has 0 saturated heterocycles. The molecule has 0 spiro atoms. The van der Waals surface area contributed by atoms with Gasteiger partial charge < -0.3 is 4.74 Å². The summed E-state index contributed by atoms with van der Waals surface area (Å²) in [4.78, 5) is 0.133. The van der Waals surface area contributed by atoms with Gasteiger partial charge in [0.1, 0.15) is 11.6 Å². The summed E-state index contributed by atoms with van der Waals surface area (Å²) in [5, 5.41) is 0. The Morgan fingerprint density at radius 1 is 1.22 bits per heavy atom. The highest BCUT2D eigenvalue weighted by Crippen LogP contribution is 2.31. The van der Waals surface area contributed by atoms with Crippen molar-refractivity contribution in [3.05, 3.63) is 76.2 Å². The van der Waals surface area contributed by atoms with Crippen molar-refractivity contribution in [1.82, 2.24) is 0 Å². The van der Waals surface area contributed by atoms with Crippen LogP contribution in [0.25, 0.3) is 6.08 Å². The first-order valence-electron chi connectivity index (χ1n) is 8.23. The Morgan fingerprint density at radius 2 is 2.00 bits per heavy atom. The standard InChI is InChI=1S/C20H20BrFO4S/c1-3-7-16-13-17(22)14-19(21)20(16)25-10-4-5-11-26-27(23,24)18-9-6-8-15(2)12-18/h3-4,6-10,12-14H,5,11H2,1-2H3. The molecule has 0 aliphatic heterocycles. The van der Waals surface area contributed by atoms with Crippen molar-refractivity contribution in [2.75, 3.05) is 6.61 Å². The third-order valence-corrected chi connectivity index (χ3v) is 5.36. The molecule has 0 aliphatic rings. The third kappa shape index (κ3) is 6.30. The average molecular weight is 455 g/mol. The molecule has 27 heavy (non-hydrogen) atoms. The Bertz CT molecular complexity index is 952. The minimum Gasteiger partial charge on any atom is -0.464 e. The quantitative estimate of drug-likeness (QED) is 0.295. The monoisotopic (exact) mass is 454 g/mol. The van der Waals surface area contributed by atoms with E-state index in [-0.39, 0.29) is 17.3 Å². The molecule has 144 valence electrons. The number of hydrogen-bond donors (Lipinski definition) is 0. The smallest absolute Gasteiger partial charge is 0.296 e. The highest BCUT2D eigenvalue weighted by Gasteiger charge is 2.14. The van der Waals surface area contributed by atoms with Crippen molar-refractivity contribution >= 4 is 32.1 Å². The summed E-state index contributed by atoms with van der Waals surface area (Å²) in [6, 6.07) is 9.22. The van der Waals surface area contributed by atoms with Gasteiger partial charge in [0, 0.05) is 5.56 Å². The fourth-order valence-corrected chi connectivity index (χ4v) is 3.83. The molecule has 0 bridgehead atoms. The van der Waals surface area contributed by atoms with E-state index < -0.39 is 10.1 Å². The second-order valence-electron chi connectivity index (χ2n) is 5.68. The highest BCUT2D eigenvalue weighted by atomic mass is 79.9. The summed E-state index contributed by atoms with van der Waals surface area (Å²) >= 11 is 3.27. The van der Waals surface area contributed by atoms with Gasteiger partial charge in [-0.05, 0) is 72.1 Å². The van der Waals surface area contributed by atoms with E-state index in [1.54, 1.807) is 30.4 Å². The number of ether oxygens (including phenoxy) is 1. The summed E-state index contributed by atoms with van der Waals surface area (Å²) in [5.41, 5.74) is 1.43. The maximum Gasteiger partial charge on any atom is 0.296 e. The van der Waals surface area contributed by atoms with E-state index in [1.807, 2.05) is 19.9 Å². The van der Waals surface area contributed by atoms with Crippen molar-refractivity contribution < 1.29 is 21.7 Å². The van der Waals surface area contributed by atoms with E-state index in [0.717, 1.165) is 5.56 Å². The highest BCUT2D eigenvalue weighted by molar-refractivity contribution is 9.10. The van der Waals surface area contributed by atoms with E-state index >= 15 is 0 Å². The Balaban J connectivity index is 1.92. The summed E-state index contributed by atoms with van der Waals surface area (Å²) in [6.45, 7) is 3.63. The van der Waals surface area contributed by atoms with Gasteiger partial charge >= 0.3 is 0 Å². The molecule has 0 saturated carbocycles. The number of rotatable bonds is 8. The molecule has 0 amide bonds. The molecule has 0 radical (unpaired) electrons. The summed E-state index contributed by atoms with van der Waals surface area (Å²) < 4.78 is 48.8. The fourth-order valence-electron chi connectivity index (χ4n) is 2.26. The van der Waals surface area contributed by atoms with Crippen LogP contribution in [0, 0.1) is 12.7 Å². The molecular weight excluding hydrogens is 435 g/mol. The Morgan fingerprint density at radius 3 is 2.70 bits per heavy atom. The van der Waals surface area contributed by atoms with Crippen LogP contribution >= 0.6 is 15.9 Å². The average Bonchev–Trinajstić information content (AvgIpc) is 2.60. The molecule has 2 aromatic carbocycles. The maximum absolute atomic E-state index is 13.5. The SMILES string of the molecule is CC=Cc1cc(F)cc(Br)c1OC=CCCOS(=O)(=O)c1cccc(C)c1. The summed E-state index contributed by atoms with van der Waals surface area (Å²) in [7, 11) is -3.78. The molecule has 0 atom stereocenters. The number of benzene rings is 2. The first kappa shape index (κ1) is 21.3. The lowest BCUT2D eigenvalue weighted by Gasteiger charge is -2.08. The first-order valence-corrected chi connectivity index (χ1v) is 10.4. The second kappa shape index (κ2) is 9.82. The van der Waals surface area contributed by atoms with Crippen LogP contribution in [0.2, 0.25) is 0 Å². The molecule has 0 unspecified atom stereocenters. The van der Waals surface area contributed by atoms with E-state index in [1.165, 1.54) is 24.5 Å². The molecule has 0 aliphatic carbocycles. The molecule has 4 nitrogen and oxygen atoms in total. The summed E-state index contributed by atoms with van der Waals surface area (Å²) in [6.07, 6.45) is 6.91. The van der Waals surface area contributed by atoms with Crippen molar-refractivity contribution in [2.24, 2.45) is 0 Å². The van der Waals surface area contributed by atoms with E-state index in [2.05, 4.69) is 15.9 Å². The van der Waals surface area contributed by atoms with Crippen molar-refractivity contribution in [3.8, 4) is 5.75 Å². The molecule has 0 aromatic heterocycles. The molecule has 0 N–H and O–H groups in total. The number of hydrogen-bond acceptors (Lipinski definition) is 4. The maximum atomic E-state index is 13.5. The zero-order chi connectivity index (χ0) is 19.9. The molecule has 0 fully saturated rings. The number of halogens is 2. The fraction of sp³-hybridized carbons (Fsp3) is 0.200. The first-order chi connectivity index (χ1) is 12.8. The van der Waals surface area contributed by atoms with Crippen molar-refractivity contribution in [3.63, 3.8) is 0 Å². The topological polar surface area (TPSA) is 52.6 Å². The van der Waals surface area contributed by atoms with Gasteiger partial charge in [0.2, 0.25) is 0 Å². The second-order valence-corrected chi connectivity index (χ2v) is 8.15. The van der Waals surface area contributed by atoms with Gasteiger partial charge in [-0.25, -0.2) is 4.39 Å². The minimum absolute atomic E-state index is 0.0115. The van der Waals surface area contributed by atoms with Gasteiger partial charge in [-0.2, -0.15) is 8.42 Å². The zero-order valence-electron chi connectivity index (χ0n) is 15.0. The van der Waals surface area contributed by atoms with E-state index in [0.29, 0.717) is 22.2 Å². The molecule has 2 aromatic rings. The largest absolute Gasteiger partial charge is 0.464 e. The normalized spacial score (nSPS) is 12.1. The van der Waals surface area contributed by atoms with E-state index in [9.17, 15) is 12.8 Å². The predicted molar refractivity (Wildman–Crippen MR) is 108 cm³/mol. The molecular formula is C20H20BrFO4S.